The van der Waals surface area contributed by atoms with Gasteiger partial charge in [0.25, 0.3) is 11.8 Å². The maximum absolute atomic E-state index is 11.9. The first-order valence-electron chi connectivity index (χ1n) is 12.7. The van der Waals surface area contributed by atoms with Crippen LogP contribution in [0.15, 0.2) is 0 Å². The molecule has 0 N–H and O–H groups in total. The van der Waals surface area contributed by atoms with Gasteiger partial charge in [-0.05, 0) is 13.3 Å². The molecule has 1 atom stereocenters. The van der Waals surface area contributed by atoms with Crippen LogP contribution in [-0.2, 0) is 28.8 Å². The fraction of sp³-hybridized carbons (Fsp3) is 0.840. The SMILES string of the molecule is CCCCCCCCCCCCCCCCCC(=O)OC(C)C(=O)ON1C(=O)CCC1=O. The summed E-state index contributed by atoms with van der Waals surface area (Å²) >= 11 is 0. The summed E-state index contributed by atoms with van der Waals surface area (Å²) in [6.45, 7) is 3.63. The Balaban J connectivity index is 1.92. The molecule has 0 aromatic rings. The maximum Gasteiger partial charge on any atom is 0.373 e. The minimum atomic E-state index is -1.15. The molecule has 0 aromatic carbocycles. The second-order valence-electron chi connectivity index (χ2n) is 8.82. The lowest BCUT2D eigenvalue weighted by Gasteiger charge is -2.16. The summed E-state index contributed by atoms with van der Waals surface area (Å²) < 4.78 is 5.05. The number of unbranched alkanes of at least 4 members (excludes halogenated alkanes) is 14. The fourth-order valence-corrected chi connectivity index (χ4v) is 3.77. The van der Waals surface area contributed by atoms with E-state index in [0.29, 0.717) is 5.06 Å². The predicted octanol–water partition coefficient (Wildman–Crippen LogP) is 5.79. The molecular weight excluding hydrogens is 410 g/mol. The highest BCUT2D eigenvalue weighted by Crippen LogP contribution is 2.15. The molecule has 0 radical (unpaired) electrons. The fourth-order valence-electron chi connectivity index (χ4n) is 3.77. The van der Waals surface area contributed by atoms with E-state index >= 15 is 0 Å². The first-order valence-corrected chi connectivity index (χ1v) is 12.7. The van der Waals surface area contributed by atoms with Crippen molar-refractivity contribution in [2.24, 2.45) is 0 Å². The average Bonchev–Trinajstić information content (AvgIpc) is 3.08. The van der Waals surface area contributed by atoms with Crippen molar-refractivity contribution >= 4 is 23.8 Å². The summed E-state index contributed by atoms with van der Waals surface area (Å²) in [4.78, 5) is 51.4. The lowest BCUT2D eigenvalue weighted by Crippen LogP contribution is -2.37. The molecule has 0 aliphatic carbocycles. The van der Waals surface area contributed by atoms with Crippen LogP contribution < -0.4 is 0 Å². The molecular formula is C25H43NO6. The van der Waals surface area contributed by atoms with E-state index in [0.717, 1.165) is 19.3 Å². The first-order chi connectivity index (χ1) is 15.5. The van der Waals surface area contributed by atoms with Crippen LogP contribution in [0.5, 0.6) is 0 Å². The van der Waals surface area contributed by atoms with E-state index in [1.54, 1.807) is 0 Å². The van der Waals surface area contributed by atoms with Crippen molar-refractivity contribution in [2.45, 2.75) is 136 Å². The second-order valence-corrected chi connectivity index (χ2v) is 8.82. The van der Waals surface area contributed by atoms with Gasteiger partial charge in [0, 0.05) is 19.3 Å². The molecule has 1 rings (SSSR count). The van der Waals surface area contributed by atoms with E-state index in [1.165, 1.54) is 84.0 Å². The monoisotopic (exact) mass is 453 g/mol. The first kappa shape index (κ1) is 28.1. The Kier molecular flexibility index (Phi) is 15.5. The zero-order valence-corrected chi connectivity index (χ0v) is 20.2. The van der Waals surface area contributed by atoms with Gasteiger partial charge in [0.05, 0.1) is 0 Å². The van der Waals surface area contributed by atoms with Gasteiger partial charge in [-0.2, -0.15) is 0 Å². The van der Waals surface area contributed by atoms with Crippen LogP contribution in [-0.4, -0.2) is 34.9 Å². The van der Waals surface area contributed by atoms with Crippen molar-refractivity contribution < 1.29 is 28.8 Å². The van der Waals surface area contributed by atoms with Gasteiger partial charge in [-0.1, -0.05) is 96.8 Å². The summed E-state index contributed by atoms with van der Waals surface area (Å²) in [6, 6.07) is 0. The summed E-state index contributed by atoms with van der Waals surface area (Å²) in [5, 5.41) is 0.460. The van der Waals surface area contributed by atoms with Crippen LogP contribution in [0.25, 0.3) is 0 Å². The molecule has 2 amide bonds. The molecule has 0 saturated carbocycles. The van der Waals surface area contributed by atoms with Crippen LogP contribution in [0.4, 0.5) is 0 Å². The van der Waals surface area contributed by atoms with Crippen LogP contribution in [0, 0.1) is 0 Å². The molecule has 1 fully saturated rings. The highest BCUT2D eigenvalue weighted by atomic mass is 16.7. The zero-order valence-electron chi connectivity index (χ0n) is 20.2. The number of carbonyl (C=O) groups is 4. The van der Waals surface area contributed by atoms with Crippen molar-refractivity contribution in [1.29, 1.82) is 0 Å². The van der Waals surface area contributed by atoms with Crippen molar-refractivity contribution in [3.05, 3.63) is 0 Å². The smallest absolute Gasteiger partial charge is 0.373 e. The lowest BCUT2D eigenvalue weighted by molar-refractivity contribution is -0.205. The summed E-state index contributed by atoms with van der Waals surface area (Å²) in [5.74, 6) is -2.50. The highest BCUT2D eigenvalue weighted by molar-refractivity contribution is 6.01. The van der Waals surface area contributed by atoms with Crippen molar-refractivity contribution in [3.63, 3.8) is 0 Å². The van der Waals surface area contributed by atoms with E-state index in [4.69, 9.17) is 9.57 Å². The van der Waals surface area contributed by atoms with Gasteiger partial charge in [-0.3, -0.25) is 14.4 Å². The highest BCUT2D eigenvalue weighted by Gasteiger charge is 2.34. The number of hydroxylamine groups is 2. The number of ether oxygens (including phenoxy) is 1. The van der Waals surface area contributed by atoms with Gasteiger partial charge in [-0.25, -0.2) is 4.79 Å². The van der Waals surface area contributed by atoms with Gasteiger partial charge in [0.2, 0.25) is 0 Å². The molecule has 1 saturated heterocycles. The zero-order chi connectivity index (χ0) is 23.6. The summed E-state index contributed by atoms with van der Waals surface area (Å²) in [5.41, 5.74) is 0. The molecule has 7 heteroatoms. The van der Waals surface area contributed by atoms with Crippen molar-refractivity contribution in [1.82, 2.24) is 5.06 Å². The Bertz CT molecular complexity index is 561. The topological polar surface area (TPSA) is 90.0 Å². The number of nitrogens with zero attached hydrogens (tertiary/aromatic N) is 1. The van der Waals surface area contributed by atoms with Gasteiger partial charge < -0.3 is 9.57 Å². The average molecular weight is 454 g/mol. The third-order valence-corrected chi connectivity index (χ3v) is 5.81. The normalized spacial score (nSPS) is 14.6. The van der Waals surface area contributed by atoms with Crippen molar-refractivity contribution in [3.8, 4) is 0 Å². The summed E-state index contributed by atoms with van der Waals surface area (Å²) in [6.07, 6.45) is 17.9. The number of rotatable bonds is 19. The quantitative estimate of drug-likeness (QED) is 0.140. The van der Waals surface area contributed by atoms with Crippen LogP contribution in [0.1, 0.15) is 129 Å². The molecule has 184 valence electrons. The Morgan fingerprint density at radius 1 is 0.750 bits per heavy atom. The molecule has 0 bridgehead atoms. The van der Waals surface area contributed by atoms with Crippen LogP contribution >= 0.6 is 0 Å². The second kappa shape index (κ2) is 17.6. The Morgan fingerprint density at radius 2 is 1.16 bits per heavy atom. The number of carbonyl (C=O) groups excluding carboxylic acids is 4. The third kappa shape index (κ3) is 12.8. The molecule has 1 aliphatic heterocycles. The largest absolute Gasteiger partial charge is 0.451 e. The number of hydrogen-bond donors (Lipinski definition) is 0. The number of imide groups is 1. The van der Waals surface area contributed by atoms with E-state index in [1.807, 2.05) is 0 Å². The molecule has 32 heavy (non-hydrogen) atoms. The molecule has 1 heterocycles. The summed E-state index contributed by atoms with van der Waals surface area (Å²) in [7, 11) is 0. The van der Waals surface area contributed by atoms with Crippen LogP contribution in [0.3, 0.4) is 0 Å². The molecule has 7 nitrogen and oxygen atoms in total. The minimum Gasteiger partial charge on any atom is -0.451 e. The predicted molar refractivity (Wildman–Crippen MR) is 122 cm³/mol. The number of hydrogen-bond acceptors (Lipinski definition) is 6. The lowest BCUT2D eigenvalue weighted by atomic mass is 10.0. The molecule has 0 spiro atoms. The maximum atomic E-state index is 11.9. The number of amides is 2. The van der Waals surface area contributed by atoms with E-state index in [-0.39, 0.29) is 19.3 Å². The molecule has 1 aliphatic rings. The Labute approximate surface area is 193 Å². The van der Waals surface area contributed by atoms with E-state index < -0.39 is 29.9 Å². The Morgan fingerprint density at radius 3 is 1.59 bits per heavy atom. The van der Waals surface area contributed by atoms with Gasteiger partial charge in [0.15, 0.2) is 6.10 Å². The van der Waals surface area contributed by atoms with Gasteiger partial charge in [-0.15, -0.1) is 5.06 Å². The third-order valence-electron chi connectivity index (χ3n) is 5.81. The molecule has 0 aromatic heterocycles. The van der Waals surface area contributed by atoms with Gasteiger partial charge in [0.1, 0.15) is 0 Å². The van der Waals surface area contributed by atoms with E-state index in [9.17, 15) is 19.2 Å². The van der Waals surface area contributed by atoms with E-state index in [2.05, 4.69) is 6.92 Å². The van der Waals surface area contributed by atoms with Gasteiger partial charge >= 0.3 is 11.9 Å². The Hall–Kier alpha value is -1.92. The minimum absolute atomic E-state index is 0.0273. The van der Waals surface area contributed by atoms with Crippen molar-refractivity contribution in [2.75, 3.05) is 0 Å². The molecule has 1 unspecified atom stereocenters. The number of esters is 1. The standard InChI is InChI=1S/C25H43NO6/c1-3-4-5-6-7-8-9-10-11-12-13-14-15-16-17-18-24(29)31-21(2)25(30)32-26-22(27)19-20-23(26)28/h21H,3-20H2,1-2H3. The van der Waals surface area contributed by atoms with Crippen LogP contribution in [0.2, 0.25) is 0 Å².